The van der Waals surface area contributed by atoms with E-state index in [1.165, 1.54) is 24.3 Å². The fourth-order valence-corrected chi connectivity index (χ4v) is 2.90. The van der Waals surface area contributed by atoms with E-state index in [1.807, 2.05) is 24.3 Å². The zero-order chi connectivity index (χ0) is 21.0. The molecule has 0 atom stereocenters. The summed E-state index contributed by atoms with van der Waals surface area (Å²) in [6.45, 7) is 4.15. The highest BCUT2D eigenvalue weighted by atomic mass is 16.6. The van der Waals surface area contributed by atoms with E-state index in [-0.39, 0.29) is 22.6 Å². The summed E-state index contributed by atoms with van der Waals surface area (Å²) in [5.74, 6) is 0.425. The van der Waals surface area contributed by atoms with E-state index in [2.05, 4.69) is 19.2 Å². The third kappa shape index (κ3) is 4.70. The van der Waals surface area contributed by atoms with E-state index in [0.29, 0.717) is 5.69 Å². The molecular weight excluding hydrogens is 372 g/mol. The Morgan fingerprint density at radius 3 is 1.97 bits per heavy atom. The van der Waals surface area contributed by atoms with Crippen LogP contribution in [-0.4, -0.2) is 16.1 Å². The van der Waals surface area contributed by atoms with Gasteiger partial charge < -0.3 is 9.84 Å². The highest BCUT2D eigenvalue weighted by Crippen LogP contribution is 2.33. The van der Waals surface area contributed by atoms with Gasteiger partial charge in [0, 0.05) is 23.2 Å². The minimum absolute atomic E-state index is 0.0791. The lowest BCUT2D eigenvalue weighted by Gasteiger charge is -2.26. The summed E-state index contributed by atoms with van der Waals surface area (Å²) in [4.78, 5) is 22.2. The van der Waals surface area contributed by atoms with Crippen LogP contribution >= 0.6 is 0 Å². The smallest absolute Gasteiger partial charge is 0.417 e. The molecule has 148 valence electrons. The van der Waals surface area contributed by atoms with Crippen LogP contribution in [0.5, 0.6) is 11.5 Å². The molecule has 3 aromatic rings. The number of carbonyl (C=O) groups excluding carboxylic acids is 1. The Morgan fingerprint density at radius 2 is 1.45 bits per heavy atom. The van der Waals surface area contributed by atoms with Gasteiger partial charge in [-0.2, -0.15) is 0 Å². The second-order valence-electron chi connectivity index (χ2n) is 7.01. The number of carbonyl (C=O) groups is 1. The van der Waals surface area contributed by atoms with Gasteiger partial charge in [-0.05, 0) is 47.5 Å². The van der Waals surface area contributed by atoms with Crippen molar-refractivity contribution in [2.75, 3.05) is 5.32 Å². The predicted molar refractivity (Wildman–Crippen MR) is 109 cm³/mol. The molecule has 0 unspecified atom stereocenters. The van der Waals surface area contributed by atoms with E-state index >= 15 is 0 Å². The van der Waals surface area contributed by atoms with Gasteiger partial charge in [-0.25, -0.2) is 4.79 Å². The maximum atomic E-state index is 12.0. The molecule has 0 aliphatic carbocycles. The summed E-state index contributed by atoms with van der Waals surface area (Å²) in [6, 6.07) is 19.7. The molecule has 0 aromatic heterocycles. The van der Waals surface area contributed by atoms with Gasteiger partial charge in [-0.3, -0.25) is 15.4 Å². The molecule has 0 aliphatic heterocycles. The lowest BCUT2D eigenvalue weighted by molar-refractivity contribution is -0.384. The summed E-state index contributed by atoms with van der Waals surface area (Å²) in [5, 5.41) is 22.8. The molecule has 0 saturated heterocycles. The summed E-state index contributed by atoms with van der Waals surface area (Å²) in [5.41, 5.74) is 2.28. The maximum absolute atomic E-state index is 12.0. The number of hydrogen-bond acceptors (Lipinski definition) is 5. The van der Waals surface area contributed by atoms with Crippen molar-refractivity contribution in [1.82, 2.24) is 0 Å². The number of hydrogen-bond donors (Lipinski definition) is 2. The van der Waals surface area contributed by atoms with Crippen LogP contribution in [0.2, 0.25) is 0 Å². The Bertz CT molecular complexity index is 1010. The van der Waals surface area contributed by atoms with Gasteiger partial charge in [0.1, 0.15) is 11.5 Å². The molecule has 0 heterocycles. The fourth-order valence-electron chi connectivity index (χ4n) is 2.90. The van der Waals surface area contributed by atoms with Gasteiger partial charge in [0.2, 0.25) is 0 Å². The van der Waals surface area contributed by atoms with Crippen LogP contribution in [0.3, 0.4) is 0 Å². The fraction of sp³-hybridized carbons (Fsp3) is 0.136. The first-order chi connectivity index (χ1) is 13.8. The first-order valence-electron chi connectivity index (χ1n) is 8.89. The second-order valence-corrected chi connectivity index (χ2v) is 7.01. The van der Waals surface area contributed by atoms with Crippen LogP contribution in [0.1, 0.15) is 25.0 Å². The van der Waals surface area contributed by atoms with E-state index in [9.17, 15) is 20.0 Å². The highest BCUT2D eigenvalue weighted by molar-refractivity contribution is 5.86. The van der Waals surface area contributed by atoms with Crippen LogP contribution in [0, 0.1) is 10.1 Å². The molecule has 0 bridgehead atoms. The quantitative estimate of drug-likeness (QED) is 0.457. The number of amides is 1. The predicted octanol–water partition coefficient (Wildman–Crippen LogP) is 5.24. The molecule has 0 radical (unpaired) electrons. The van der Waals surface area contributed by atoms with Crippen molar-refractivity contribution in [3.8, 4) is 11.5 Å². The summed E-state index contributed by atoms with van der Waals surface area (Å²) in [6.07, 6.45) is -0.690. The molecule has 1 amide bonds. The molecule has 7 nitrogen and oxygen atoms in total. The van der Waals surface area contributed by atoms with Crippen molar-refractivity contribution in [2.24, 2.45) is 0 Å². The second kappa shape index (κ2) is 8.02. The Balaban J connectivity index is 1.66. The van der Waals surface area contributed by atoms with E-state index in [1.54, 1.807) is 24.3 Å². The average molecular weight is 392 g/mol. The normalized spacial score (nSPS) is 11.0. The summed E-state index contributed by atoms with van der Waals surface area (Å²) < 4.78 is 5.13. The molecule has 7 heteroatoms. The highest BCUT2D eigenvalue weighted by Gasteiger charge is 2.23. The third-order valence-electron chi connectivity index (χ3n) is 4.70. The molecule has 29 heavy (non-hydrogen) atoms. The number of phenolic OH excluding ortho intramolecular Hbond substituents is 1. The molecular formula is C22H20N2O5. The van der Waals surface area contributed by atoms with Crippen molar-refractivity contribution >= 4 is 17.5 Å². The molecule has 3 rings (SSSR count). The number of nitrogens with one attached hydrogen (secondary N) is 1. The van der Waals surface area contributed by atoms with Crippen molar-refractivity contribution < 1.29 is 19.6 Å². The molecule has 3 aromatic carbocycles. The number of nitro groups is 1. The maximum Gasteiger partial charge on any atom is 0.417 e. The first-order valence-corrected chi connectivity index (χ1v) is 8.89. The molecule has 0 fully saturated rings. The topological polar surface area (TPSA) is 102 Å². The number of non-ortho nitro benzene ring substituents is 1. The van der Waals surface area contributed by atoms with Crippen LogP contribution < -0.4 is 10.1 Å². The summed E-state index contributed by atoms with van der Waals surface area (Å²) >= 11 is 0. The van der Waals surface area contributed by atoms with Gasteiger partial charge in [0.15, 0.2) is 0 Å². The number of phenols is 1. The van der Waals surface area contributed by atoms with Crippen molar-refractivity contribution in [3.05, 3.63) is 94.0 Å². The Labute approximate surface area is 167 Å². The monoisotopic (exact) mass is 392 g/mol. The zero-order valence-electron chi connectivity index (χ0n) is 16.0. The Hall–Kier alpha value is -3.87. The number of nitro benzene ring substituents is 1. The number of nitrogens with zero attached hydrogens (tertiary/aromatic N) is 1. The first kappa shape index (κ1) is 19.9. The van der Waals surface area contributed by atoms with Gasteiger partial charge in [0.05, 0.1) is 4.92 Å². The number of anilines is 1. The van der Waals surface area contributed by atoms with E-state index in [0.717, 1.165) is 11.1 Å². The lowest BCUT2D eigenvalue weighted by Crippen LogP contribution is -2.19. The van der Waals surface area contributed by atoms with Crippen molar-refractivity contribution in [2.45, 2.75) is 19.3 Å². The standard InChI is InChI=1S/C22H20N2O5/c1-22(2,16-5-11-19(25)12-6-16)15-3-7-17(8-4-15)23-21(26)29-20-13-9-18(10-14-20)24(27)28/h3-14,25H,1-2H3,(H,23,26). The van der Waals surface area contributed by atoms with Crippen LogP contribution in [0.25, 0.3) is 0 Å². The van der Waals surface area contributed by atoms with E-state index in [4.69, 9.17) is 4.74 Å². The van der Waals surface area contributed by atoms with Gasteiger partial charge in [0.25, 0.3) is 5.69 Å². The Kier molecular flexibility index (Phi) is 5.50. The molecule has 0 saturated carbocycles. The van der Waals surface area contributed by atoms with Crippen molar-refractivity contribution in [1.29, 1.82) is 0 Å². The molecule has 0 spiro atoms. The molecule has 2 N–H and O–H groups in total. The number of rotatable bonds is 5. The largest absolute Gasteiger partial charge is 0.508 e. The SMILES string of the molecule is CC(C)(c1ccc(O)cc1)c1ccc(NC(=O)Oc2ccc([N+](=O)[O-])cc2)cc1. The number of benzene rings is 3. The zero-order valence-corrected chi connectivity index (χ0v) is 16.0. The van der Waals surface area contributed by atoms with Crippen molar-refractivity contribution in [3.63, 3.8) is 0 Å². The molecule has 0 aliphatic rings. The third-order valence-corrected chi connectivity index (χ3v) is 4.70. The van der Waals surface area contributed by atoms with Crippen LogP contribution in [0.4, 0.5) is 16.2 Å². The number of ether oxygens (including phenoxy) is 1. The lowest BCUT2D eigenvalue weighted by atomic mass is 9.78. The number of aromatic hydroxyl groups is 1. The minimum Gasteiger partial charge on any atom is -0.508 e. The van der Waals surface area contributed by atoms with Crippen LogP contribution in [0.15, 0.2) is 72.8 Å². The average Bonchev–Trinajstić information content (AvgIpc) is 2.69. The van der Waals surface area contributed by atoms with Gasteiger partial charge in [-0.15, -0.1) is 0 Å². The Morgan fingerprint density at radius 1 is 0.931 bits per heavy atom. The minimum atomic E-state index is -0.690. The van der Waals surface area contributed by atoms with E-state index < -0.39 is 11.0 Å². The van der Waals surface area contributed by atoms with Crippen LogP contribution in [-0.2, 0) is 5.41 Å². The van der Waals surface area contributed by atoms with Gasteiger partial charge >= 0.3 is 6.09 Å². The van der Waals surface area contributed by atoms with Gasteiger partial charge in [-0.1, -0.05) is 38.1 Å². The summed E-state index contributed by atoms with van der Waals surface area (Å²) in [7, 11) is 0.